The van der Waals surface area contributed by atoms with Crippen molar-refractivity contribution in [2.45, 2.75) is 51.1 Å². The maximum Gasteiger partial charge on any atom is 0.417 e. The van der Waals surface area contributed by atoms with Gasteiger partial charge < -0.3 is 4.42 Å². The number of hydrogen-bond acceptors (Lipinski definition) is 3. The van der Waals surface area contributed by atoms with E-state index in [2.05, 4.69) is 9.97 Å². The van der Waals surface area contributed by atoms with Crippen LogP contribution >= 0.6 is 0 Å². The molecule has 1 saturated carbocycles. The first-order chi connectivity index (χ1) is 10.0. The summed E-state index contributed by atoms with van der Waals surface area (Å²) in [6.45, 7) is 0. The molecule has 6 heteroatoms. The van der Waals surface area contributed by atoms with Crippen molar-refractivity contribution in [2.75, 3.05) is 0 Å². The minimum absolute atomic E-state index is 0.182. The monoisotopic (exact) mass is 298 g/mol. The lowest BCUT2D eigenvalue weighted by Gasteiger charge is -2.20. The average Bonchev–Trinajstić information content (AvgIpc) is 2.87. The van der Waals surface area contributed by atoms with Crippen LogP contribution in [0.4, 0.5) is 13.2 Å². The molecule has 1 aliphatic carbocycles. The minimum atomic E-state index is -4.40. The molecule has 0 N–H and O–H groups in total. The molecule has 114 valence electrons. The Labute approximate surface area is 120 Å². The summed E-state index contributed by atoms with van der Waals surface area (Å²) in [6, 6.07) is 0.996. The van der Waals surface area contributed by atoms with E-state index in [9.17, 15) is 13.2 Å². The number of oxazole rings is 1. The van der Waals surface area contributed by atoms with Gasteiger partial charge in [-0.15, -0.1) is 0 Å². The number of rotatable bonds is 3. The number of fused-ring (bicyclic) bond motifs is 1. The Balaban J connectivity index is 1.71. The SMILES string of the molecule is FC(F)(F)c1cnc2oc(CCC3CCCCC3)nc2c1. The van der Waals surface area contributed by atoms with Crippen molar-refractivity contribution in [3.63, 3.8) is 0 Å². The van der Waals surface area contributed by atoms with Crippen molar-refractivity contribution >= 4 is 11.2 Å². The second-order valence-electron chi connectivity index (χ2n) is 5.70. The summed E-state index contributed by atoms with van der Waals surface area (Å²) in [6.07, 6.45) is 4.36. The number of pyridine rings is 1. The van der Waals surface area contributed by atoms with Crippen LogP contribution in [-0.4, -0.2) is 9.97 Å². The second-order valence-corrected chi connectivity index (χ2v) is 5.70. The van der Waals surface area contributed by atoms with Gasteiger partial charge in [0.15, 0.2) is 5.89 Å². The maximum absolute atomic E-state index is 12.6. The Morgan fingerprint density at radius 1 is 1.19 bits per heavy atom. The van der Waals surface area contributed by atoms with Gasteiger partial charge in [0.25, 0.3) is 0 Å². The average molecular weight is 298 g/mol. The predicted molar refractivity (Wildman–Crippen MR) is 71.7 cm³/mol. The summed E-state index contributed by atoms with van der Waals surface area (Å²) in [5.74, 6) is 1.18. The topological polar surface area (TPSA) is 38.9 Å². The van der Waals surface area contributed by atoms with E-state index in [-0.39, 0.29) is 11.2 Å². The molecule has 0 spiro atoms. The molecule has 2 aromatic heterocycles. The first-order valence-electron chi connectivity index (χ1n) is 7.35. The van der Waals surface area contributed by atoms with Crippen LogP contribution in [0.15, 0.2) is 16.7 Å². The predicted octanol–water partition coefficient (Wildman–Crippen LogP) is 4.75. The highest BCUT2D eigenvalue weighted by Gasteiger charge is 2.31. The Hall–Kier alpha value is -1.59. The highest BCUT2D eigenvalue weighted by atomic mass is 19.4. The Morgan fingerprint density at radius 2 is 1.95 bits per heavy atom. The molecule has 1 aliphatic rings. The third-order valence-electron chi connectivity index (χ3n) is 4.11. The highest BCUT2D eigenvalue weighted by molar-refractivity contribution is 5.68. The van der Waals surface area contributed by atoms with Crippen LogP contribution in [0.25, 0.3) is 11.2 Å². The van der Waals surface area contributed by atoms with E-state index in [1.54, 1.807) is 0 Å². The van der Waals surface area contributed by atoms with Crippen LogP contribution in [0.3, 0.4) is 0 Å². The van der Waals surface area contributed by atoms with Crippen LogP contribution in [0.1, 0.15) is 50.0 Å². The zero-order valence-electron chi connectivity index (χ0n) is 11.6. The van der Waals surface area contributed by atoms with Crippen LogP contribution in [0, 0.1) is 5.92 Å². The van der Waals surface area contributed by atoms with Gasteiger partial charge in [0, 0.05) is 12.6 Å². The molecule has 1 fully saturated rings. The van der Waals surface area contributed by atoms with E-state index >= 15 is 0 Å². The van der Waals surface area contributed by atoms with E-state index in [4.69, 9.17) is 4.42 Å². The van der Waals surface area contributed by atoms with E-state index in [0.717, 1.165) is 18.7 Å². The number of halogens is 3. The fourth-order valence-electron chi connectivity index (χ4n) is 2.93. The molecular weight excluding hydrogens is 281 g/mol. The van der Waals surface area contributed by atoms with Gasteiger partial charge in [-0.1, -0.05) is 32.1 Å². The number of aryl methyl sites for hydroxylation is 1. The van der Waals surface area contributed by atoms with Crippen molar-refractivity contribution in [3.05, 3.63) is 23.7 Å². The lowest BCUT2D eigenvalue weighted by atomic mass is 9.86. The van der Waals surface area contributed by atoms with Gasteiger partial charge >= 0.3 is 6.18 Å². The molecule has 0 unspecified atom stereocenters. The van der Waals surface area contributed by atoms with Crippen molar-refractivity contribution in [1.29, 1.82) is 0 Å². The quantitative estimate of drug-likeness (QED) is 0.820. The summed E-state index contributed by atoms with van der Waals surface area (Å²) in [4.78, 5) is 7.86. The molecule has 0 atom stereocenters. The smallest absolute Gasteiger partial charge is 0.417 e. The second kappa shape index (κ2) is 5.66. The van der Waals surface area contributed by atoms with Gasteiger partial charge in [-0.2, -0.15) is 13.2 Å². The van der Waals surface area contributed by atoms with E-state index in [0.29, 0.717) is 18.2 Å². The van der Waals surface area contributed by atoms with Gasteiger partial charge in [-0.3, -0.25) is 0 Å². The summed E-state index contributed by atoms with van der Waals surface area (Å²) in [5, 5.41) is 0. The van der Waals surface area contributed by atoms with Crippen LogP contribution < -0.4 is 0 Å². The van der Waals surface area contributed by atoms with Crippen molar-refractivity contribution in [1.82, 2.24) is 9.97 Å². The van der Waals surface area contributed by atoms with Crippen molar-refractivity contribution < 1.29 is 17.6 Å². The number of aromatic nitrogens is 2. The fourth-order valence-corrected chi connectivity index (χ4v) is 2.93. The molecular formula is C15H17F3N2O. The molecule has 0 saturated heterocycles. The largest absolute Gasteiger partial charge is 0.422 e. The zero-order chi connectivity index (χ0) is 14.9. The highest BCUT2D eigenvalue weighted by Crippen LogP contribution is 2.31. The van der Waals surface area contributed by atoms with Crippen LogP contribution in [0.5, 0.6) is 0 Å². The third-order valence-corrected chi connectivity index (χ3v) is 4.11. The zero-order valence-corrected chi connectivity index (χ0v) is 11.6. The molecule has 2 aromatic rings. The number of nitrogens with zero attached hydrogens (tertiary/aromatic N) is 2. The Morgan fingerprint density at radius 3 is 2.67 bits per heavy atom. The van der Waals surface area contributed by atoms with Crippen LogP contribution in [-0.2, 0) is 12.6 Å². The van der Waals surface area contributed by atoms with Crippen LogP contribution in [0.2, 0.25) is 0 Å². The molecule has 0 radical (unpaired) electrons. The summed E-state index contributed by atoms with van der Waals surface area (Å²) >= 11 is 0. The maximum atomic E-state index is 12.6. The first-order valence-corrected chi connectivity index (χ1v) is 7.35. The number of hydrogen-bond donors (Lipinski definition) is 0. The van der Waals surface area contributed by atoms with Crippen molar-refractivity contribution in [2.24, 2.45) is 5.92 Å². The third kappa shape index (κ3) is 3.36. The van der Waals surface area contributed by atoms with E-state index < -0.39 is 11.7 Å². The van der Waals surface area contributed by atoms with Gasteiger partial charge in [0.1, 0.15) is 5.52 Å². The minimum Gasteiger partial charge on any atom is -0.422 e. The lowest BCUT2D eigenvalue weighted by molar-refractivity contribution is -0.137. The molecule has 0 aliphatic heterocycles. The standard InChI is InChI=1S/C15H17F3N2O/c16-15(17,18)11-8-12-14(19-9-11)21-13(20-12)7-6-10-4-2-1-3-5-10/h8-10H,1-7H2. The lowest BCUT2D eigenvalue weighted by Crippen LogP contribution is -2.07. The normalized spacial score (nSPS) is 17.5. The molecule has 2 heterocycles. The fraction of sp³-hybridized carbons (Fsp3) is 0.600. The van der Waals surface area contributed by atoms with Gasteiger partial charge in [-0.25, -0.2) is 9.97 Å². The molecule has 0 aromatic carbocycles. The van der Waals surface area contributed by atoms with E-state index in [1.165, 1.54) is 32.1 Å². The Bertz CT molecular complexity index is 615. The molecule has 0 bridgehead atoms. The molecule has 21 heavy (non-hydrogen) atoms. The molecule has 3 nitrogen and oxygen atoms in total. The summed E-state index contributed by atoms with van der Waals surface area (Å²) in [7, 11) is 0. The van der Waals surface area contributed by atoms with Gasteiger partial charge in [-0.05, 0) is 18.4 Å². The van der Waals surface area contributed by atoms with E-state index in [1.807, 2.05) is 0 Å². The molecule has 3 rings (SSSR count). The van der Waals surface area contributed by atoms with Crippen molar-refractivity contribution in [3.8, 4) is 0 Å². The van der Waals surface area contributed by atoms with Gasteiger partial charge in [0.05, 0.1) is 5.56 Å². The first kappa shape index (κ1) is 14.4. The Kier molecular flexibility index (Phi) is 3.87. The van der Waals surface area contributed by atoms with Gasteiger partial charge in [0.2, 0.25) is 5.71 Å². The number of alkyl halides is 3. The summed E-state index contributed by atoms with van der Waals surface area (Å²) in [5.41, 5.74) is -0.424. The molecule has 0 amide bonds. The summed E-state index contributed by atoms with van der Waals surface area (Å²) < 4.78 is 43.3.